The van der Waals surface area contributed by atoms with Gasteiger partial charge >= 0.3 is 0 Å². The van der Waals surface area contributed by atoms with Gasteiger partial charge in [0.2, 0.25) is 5.95 Å². The summed E-state index contributed by atoms with van der Waals surface area (Å²) in [4.78, 5) is 6.61. The van der Waals surface area contributed by atoms with Crippen LogP contribution in [0, 0.1) is 27.7 Å². The zero-order valence-electron chi connectivity index (χ0n) is 17.6. The van der Waals surface area contributed by atoms with Crippen molar-refractivity contribution in [3.05, 3.63) is 46.5 Å². The third-order valence-electron chi connectivity index (χ3n) is 5.62. The fourth-order valence-electron chi connectivity index (χ4n) is 3.29. The van der Waals surface area contributed by atoms with E-state index in [1.165, 1.54) is 0 Å². The number of aliphatic hydroxyl groups excluding tert-OH is 1. The summed E-state index contributed by atoms with van der Waals surface area (Å²) < 4.78 is 0. The largest absolute Gasteiger partial charge is 0.399 e. The van der Waals surface area contributed by atoms with E-state index in [-0.39, 0.29) is 6.61 Å². The minimum absolute atomic E-state index is 0.00716. The molecule has 1 heterocycles. The van der Waals surface area contributed by atoms with E-state index in [1.54, 1.807) is 4.90 Å². The Hall–Kier alpha value is -3.19. The van der Waals surface area contributed by atoms with E-state index in [9.17, 15) is 5.11 Å². The number of aliphatic hydroxyl groups is 1. The van der Waals surface area contributed by atoms with E-state index < -0.39 is 0 Å². The molecule has 0 atom stereocenters. The molecule has 0 amide bonds. The van der Waals surface area contributed by atoms with Crippen LogP contribution in [0.3, 0.4) is 0 Å². The fraction of sp³-hybridized carbons (Fsp3) is 0.318. The summed E-state index contributed by atoms with van der Waals surface area (Å²) in [5, 5.41) is 18.1. The molecule has 7 heteroatoms. The second-order valence-electron chi connectivity index (χ2n) is 7.36. The van der Waals surface area contributed by atoms with Crippen molar-refractivity contribution in [1.82, 2.24) is 15.2 Å². The van der Waals surface area contributed by atoms with Gasteiger partial charge in [-0.1, -0.05) is 12.1 Å². The molecule has 0 radical (unpaired) electrons. The maximum Gasteiger partial charge on any atom is 0.245 e. The van der Waals surface area contributed by atoms with Gasteiger partial charge in [0, 0.05) is 36.1 Å². The second-order valence-corrected chi connectivity index (χ2v) is 7.36. The van der Waals surface area contributed by atoms with Crippen LogP contribution in [0.15, 0.2) is 24.3 Å². The number of anilines is 3. The molecule has 0 fully saturated rings. The average Bonchev–Trinajstić information content (AvgIpc) is 2.71. The van der Waals surface area contributed by atoms with E-state index >= 15 is 0 Å². The Morgan fingerprint density at radius 2 is 1.31 bits per heavy atom. The number of likely N-dealkylation sites (N-methyl/N-ethyl adjacent to an activating group) is 1. The molecular formula is C22H28N6O. The highest BCUT2D eigenvalue weighted by molar-refractivity contribution is 5.84. The molecule has 29 heavy (non-hydrogen) atoms. The minimum Gasteiger partial charge on any atom is -0.399 e. The first-order chi connectivity index (χ1) is 13.8. The number of benzene rings is 2. The summed E-state index contributed by atoms with van der Waals surface area (Å²) in [5.74, 6) is 0.455. The lowest BCUT2D eigenvalue weighted by Gasteiger charge is -2.19. The second kappa shape index (κ2) is 8.05. The lowest BCUT2D eigenvalue weighted by Crippen LogP contribution is -2.24. The predicted octanol–water partition coefficient (Wildman–Crippen LogP) is 3.03. The highest BCUT2D eigenvalue weighted by Gasteiger charge is 2.20. The van der Waals surface area contributed by atoms with Crippen molar-refractivity contribution in [1.29, 1.82) is 0 Å². The van der Waals surface area contributed by atoms with E-state index in [1.807, 2.05) is 59.0 Å². The minimum atomic E-state index is 0.00716. The number of hydrogen-bond donors (Lipinski definition) is 3. The molecule has 0 aliphatic rings. The molecule has 0 saturated carbocycles. The number of nitrogen functional groups attached to an aromatic ring is 2. The number of nitrogens with two attached hydrogens (primary N) is 2. The molecule has 0 saturated heterocycles. The molecule has 3 rings (SSSR count). The van der Waals surface area contributed by atoms with Crippen molar-refractivity contribution in [2.45, 2.75) is 27.7 Å². The lowest BCUT2D eigenvalue weighted by molar-refractivity contribution is 0.303. The monoisotopic (exact) mass is 392 g/mol. The fourth-order valence-corrected chi connectivity index (χ4v) is 3.29. The summed E-state index contributed by atoms with van der Waals surface area (Å²) in [7, 11) is 1.83. The van der Waals surface area contributed by atoms with Gasteiger partial charge in [-0.2, -0.15) is 0 Å². The first-order valence-corrected chi connectivity index (χ1v) is 9.55. The van der Waals surface area contributed by atoms with Gasteiger partial charge in [-0.05, 0) is 62.1 Å². The van der Waals surface area contributed by atoms with E-state index in [4.69, 9.17) is 16.5 Å². The SMILES string of the molecule is Cc1c(N)ccc(-c2nnc(N(C)CCO)nc2-c2ccc(N)c(C)c2C)c1C. The van der Waals surface area contributed by atoms with E-state index in [0.717, 1.165) is 50.4 Å². The van der Waals surface area contributed by atoms with Crippen molar-refractivity contribution >= 4 is 17.3 Å². The Balaban J connectivity index is 2.30. The summed E-state index contributed by atoms with van der Waals surface area (Å²) in [6.07, 6.45) is 0. The van der Waals surface area contributed by atoms with Crippen LogP contribution in [0.5, 0.6) is 0 Å². The topological polar surface area (TPSA) is 114 Å². The van der Waals surface area contributed by atoms with Crippen molar-refractivity contribution in [3.8, 4) is 22.5 Å². The van der Waals surface area contributed by atoms with Gasteiger partial charge in [-0.3, -0.25) is 0 Å². The van der Waals surface area contributed by atoms with Crippen LogP contribution in [0.25, 0.3) is 22.5 Å². The third-order valence-corrected chi connectivity index (χ3v) is 5.62. The summed E-state index contributed by atoms with van der Waals surface area (Å²) in [5.41, 5.74) is 21.1. The molecule has 1 aromatic heterocycles. The first-order valence-electron chi connectivity index (χ1n) is 9.55. The van der Waals surface area contributed by atoms with Crippen LogP contribution >= 0.6 is 0 Å². The Morgan fingerprint density at radius 3 is 1.83 bits per heavy atom. The Kier molecular flexibility index (Phi) is 5.70. The normalized spacial score (nSPS) is 11.0. The quantitative estimate of drug-likeness (QED) is 0.572. The molecule has 2 aromatic carbocycles. The molecule has 0 spiro atoms. The van der Waals surface area contributed by atoms with E-state index in [2.05, 4.69) is 10.2 Å². The van der Waals surface area contributed by atoms with Crippen molar-refractivity contribution < 1.29 is 5.11 Å². The van der Waals surface area contributed by atoms with Crippen molar-refractivity contribution in [3.63, 3.8) is 0 Å². The predicted molar refractivity (Wildman–Crippen MR) is 119 cm³/mol. The maximum atomic E-state index is 9.28. The van der Waals surface area contributed by atoms with Gasteiger partial charge < -0.3 is 21.5 Å². The Labute approximate surface area is 171 Å². The molecule has 0 bridgehead atoms. The Morgan fingerprint density at radius 1 is 0.793 bits per heavy atom. The highest BCUT2D eigenvalue weighted by Crippen LogP contribution is 2.36. The van der Waals surface area contributed by atoms with Crippen LogP contribution in [0.1, 0.15) is 22.3 Å². The zero-order valence-corrected chi connectivity index (χ0v) is 17.6. The van der Waals surface area contributed by atoms with Crippen LogP contribution < -0.4 is 16.4 Å². The summed E-state index contributed by atoms with van der Waals surface area (Å²) in [6.45, 7) is 8.48. The van der Waals surface area contributed by atoms with Crippen LogP contribution in [-0.2, 0) is 0 Å². The zero-order chi connectivity index (χ0) is 21.3. The summed E-state index contributed by atoms with van der Waals surface area (Å²) in [6, 6.07) is 7.71. The molecule has 152 valence electrons. The van der Waals surface area contributed by atoms with Crippen LogP contribution in [0.4, 0.5) is 17.3 Å². The molecule has 7 nitrogen and oxygen atoms in total. The standard InChI is InChI=1S/C22H28N6O/c1-12-14(3)18(23)8-6-16(12)20-21(17-7-9-19(24)15(4)13(17)2)26-27-22(25-20)28(5)10-11-29/h6-9,29H,10-11,23-24H2,1-5H3. The molecular weight excluding hydrogens is 364 g/mol. The van der Waals surface area contributed by atoms with Gasteiger partial charge in [-0.25, -0.2) is 4.98 Å². The number of aromatic nitrogens is 3. The molecule has 0 aliphatic carbocycles. The smallest absolute Gasteiger partial charge is 0.245 e. The van der Waals surface area contributed by atoms with Gasteiger partial charge in [-0.15, -0.1) is 10.2 Å². The van der Waals surface area contributed by atoms with Gasteiger partial charge in [0.15, 0.2) is 0 Å². The molecule has 3 aromatic rings. The first kappa shape index (κ1) is 20.5. The van der Waals surface area contributed by atoms with Gasteiger partial charge in [0.05, 0.1) is 6.61 Å². The number of rotatable bonds is 5. The highest BCUT2D eigenvalue weighted by atomic mass is 16.3. The van der Waals surface area contributed by atoms with Crippen molar-refractivity contribution in [2.75, 3.05) is 36.6 Å². The van der Waals surface area contributed by atoms with Gasteiger partial charge in [0.1, 0.15) is 11.4 Å². The maximum absolute atomic E-state index is 9.28. The average molecular weight is 393 g/mol. The van der Waals surface area contributed by atoms with Gasteiger partial charge in [0.25, 0.3) is 0 Å². The molecule has 5 N–H and O–H groups in total. The summed E-state index contributed by atoms with van der Waals surface area (Å²) >= 11 is 0. The number of nitrogens with zero attached hydrogens (tertiary/aromatic N) is 4. The Bertz CT molecular complexity index is 1060. The number of hydrogen-bond acceptors (Lipinski definition) is 7. The van der Waals surface area contributed by atoms with Crippen molar-refractivity contribution in [2.24, 2.45) is 0 Å². The lowest BCUT2D eigenvalue weighted by atomic mass is 9.93. The molecule has 0 unspecified atom stereocenters. The van der Waals surface area contributed by atoms with Crippen LogP contribution in [0.2, 0.25) is 0 Å². The van der Waals surface area contributed by atoms with E-state index in [0.29, 0.717) is 18.2 Å². The third kappa shape index (κ3) is 3.73. The van der Waals surface area contributed by atoms with Crippen LogP contribution in [-0.4, -0.2) is 40.5 Å². The molecule has 0 aliphatic heterocycles.